The van der Waals surface area contributed by atoms with Crippen LogP contribution in [0.2, 0.25) is 0 Å². The normalized spacial score (nSPS) is 16.9. The van der Waals surface area contributed by atoms with E-state index >= 15 is 0 Å². The van der Waals surface area contributed by atoms with Gasteiger partial charge in [-0.3, -0.25) is 0 Å². The van der Waals surface area contributed by atoms with Crippen LogP contribution in [0.4, 0.5) is 17.3 Å². The van der Waals surface area contributed by atoms with E-state index in [0.717, 1.165) is 80.7 Å². The Morgan fingerprint density at radius 3 is 2.68 bits per heavy atom. The van der Waals surface area contributed by atoms with Gasteiger partial charge in [0.05, 0.1) is 0 Å². The van der Waals surface area contributed by atoms with Crippen LogP contribution >= 0.6 is 0 Å². The Kier molecular flexibility index (Phi) is 5.61. The topological polar surface area (TPSA) is 69.5 Å². The van der Waals surface area contributed by atoms with Crippen LogP contribution in [0.1, 0.15) is 23.8 Å². The number of hydrogen-bond donors (Lipinski definition) is 2. The van der Waals surface area contributed by atoms with Gasteiger partial charge in [0.2, 0.25) is 5.95 Å². The van der Waals surface area contributed by atoms with Gasteiger partial charge in [0, 0.05) is 68.8 Å². The summed E-state index contributed by atoms with van der Waals surface area (Å²) in [7, 11) is 0. The first-order chi connectivity index (χ1) is 15.2. The van der Waals surface area contributed by atoms with Crippen LogP contribution in [0, 0.1) is 6.92 Å². The van der Waals surface area contributed by atoms with Gasteiger partial charge in [0.15, 0.2) is 5.76 Å². The first kappa shape index (κ1) is 20.0. The monoisotopic (exact) mass is 418 g/mol. The maximum absolute atomic E-state index is 6.11. The van der Waals surface area contributed by atoms with Crippen LogP contribution in [0.25, 0.3) is 11.5 Å². The number of benzene rings is 1. The van der Waals surface area contributed by atoms with Crippen molar-refractivity contribution in [3.63, 3.8) is 0 Å². The maximum atomic E-state index is 6.11. The van der Waals surface area contributed by atoms with Crippen molar-refractivity contribution in [1.29, 1.82) is 0 Å². The van der Waals surface area contributed by atoms with Crippen LogP contribution < -0.4 is 15.5 Å². The fourth-order valence-electron chi connectivity index (χ4n) is 4.33. The van der Waals surface area contributed by atoms with Crippen molar-refractivity contribution in [3.8, 4) is 11.5 Å². The maximum Gasteiger partial charge on any atom is 0.227 e. The number of likely N-dealkylation sites (N-methyl/N-ethyl adjacent to an activating group) is 1. The molecule has 162 valence electrons. The molecule has 0 unspecified atom stereocenters. The molecule has 0 spiro atoms. The van der Waals surface area contributed by atoms with Crippen molar-refractivity contribution < 1.29 is 4.42 Å². The fraction of sp³-hybridized carbons (Fsp3) is 0.417. The minimum absolute atomic E-state index is 0.581. The molecule has 2 aromatic heterocycles. The third-order valence-electron chi connectivity index (χ3n) is 6.25. The molecule has 7 heteroatoms. The fourth-order valence-corrected chi connectivity index (χ4v) is 4.33. The average molecular weight is 419 g/mol. The molecule has 0 radical (unpaired) electrons. The van der Waals surface area contributed by atoms with E-state index in [2.05, 4.69) is 62.7 Å². The number of aromatic nitrogens is 2. The standard InChI is InChI=1S/C24H30N6O/c1-3-29-10-12-30(13-11-29)20-6-4-19(5-7-20)27-24-26-15-17(2)23(28-24)22-14-18-16-25-9-8-21(18)31-22/h4-7,14-15,25H,3,8-13,16H2,1-2H3,(H,26,27,28). The lowest BCUT2D eigenvalue weighted by Crippen LogP contribution is -2.46. The lowest BCUT2D eigenvalue weighted by Gasteiger charge is -2.35. The first-order valence-corrected chi connectivity index (χ1v) is 11.2. The number of anilines is 3. The van der Waals surface area contributed by atoms with Crippen molar-refractivity contribution in [1.82, 2.24) is 20.2 Å². The molecule has 31 heavy (non-hydrogen) atoms. The second-order valence-corrected chi connectivity index (χ2v) is 8.30. The van der Waals surface area contributed by atoms with Gasteiger partial charge < -0.3 is 24.9 Å². The van der Waals surface area contributed by atoms with Gasteiger partial charge in [-0.25, -0.2) is 9.97 Å². The molecule has 1 saturated heterocycles. The van der Waals surface area contributed by atoms with Gasteiger partial charge in [-0.2, -0.15) is 0 Å². The van der Waals surface area contributed by atoms with Gasteiger partial charge in [-0.05, 0) is 49.4 Å². The molecule has 4 heterocycles. The molecule has 0 saturated carbocycles. The number of furan rings is 1. The van der Waals surface area contributed by atoms with E-state index in [4.69, 9.17) is 9.40 Å². The number of nitrogens with zero attached hydrogens (tertiary/aromatic N) is 4. The predicted molar refractivity (Wildman–Crippen MR) is 124 cm³/mol. The Hall–Kier alpha value is -2.90. The third kappa shape index (κ3) is 4.29. The quantitative estimate of drug-likeness (QED) is 0.656. The molecule has 5 rings (SSSR count). The summed E-state index contributed by atoms with van der Waals surface area (Å²) in [5.74, 6) is 2.47. The smallest absolute Gasteiger partial charge is 0.227 e. The van der Waals surface area contributed by atoms with E-state index in [1.807, 2.05) is 13.1 Å². The largest absolute Gasteiger partial charge is 0.459 e. The highest BCUT2D eigenvalue weighted by Crippen LogP contribution is 2.29. The Labute approximate surface area is 183 Å². The van der Waals surface area contributed by atoms with Crippen LogP contribution in [0.5, 0.6) is 0 Å². The van der Waals surface area contributed by atoms with Crippen molar-refractivity contribution in [2.24, 2.45) is 0 Å². The van der Waals surface area contributed by atoms with E-state index in [1.54, 1.807) is 0 Å². The molecular weight excluding hydrogens is 388 g/mol. The highest BCUT2D eigenvalue weighted by molar-refractivity contribution is 5.63. The number of nitrogens with one attached hydrogen (secondary N) is 2. The Balaban J connectivity index is 1.30. The molecular formula is C24H30N6O. The molecule has 3 aromatic rings. The van der Waals surface area contributed by atoms with Crippen LogP contribution in [-0.4, -0.2) is 54.1 Å². The van der Waals surface area contributed by atoms with E-state index in [0.29, 0.717) is 5.95 Å². The molecule has 1 fully saturated rings. The number of fused-ring (bicyclic) bond motifs is 1. The summed E-state index contributed by atoms with van der Waals surface area (Å²) >= 11 is 0. The van der Waals surface area contributed by atoms with E-state index in [9.17, 15) is 0 Å². The minimum Gasteiger partial charge on any atom is -0.459 e. The second-order valence-electron chi connectivity index (χ2n) is 8.30. The number of piperazine rings is 1. The molecule has 0 bridgehead atoms. The molecule has 0 amide bonds. The van der Waals surface area contributed by atoms with E-state index < -0.39 is 0 Å². The lowest BCUT2D eigenvalue weighted by atomic mass is 10.1. The van der Waals surface area contributed by atoms with E-state index in [-0.39, 0.29) is 0 Å². The van der Waals surface area contributed by atoms with Crippen molar-refractivity contribution in [3.05, 3.63) is 53.4 Å². The third-order valence-corrected chi connectivity index (χ3v) is 6.25. The highest BCUT2D eigenvalue weighted by Gasteiger charge is 2.19. The Bertz CT molecular complexity index is 1010. The molecule has 2 N–H and O–H groups in total. The Morgan fingerprint density at radius 1 is 1.13 bits per heavy atom. The summed E-state index contributed by atoms with van der Waals surface area (Å²) in [6, 6.07) is 10.6. The summed E-state index contributed by atoms with van der Waals surface area (Å²) in [6.07, 6.45) is 2.77. The van der Waals surface area contributed by atoms with Crippen molar-refractivity contribution in [2.75, 3.05) is 49.5 Å². The zero-order chi connectivity index (χ0) is 21.2. The van der Waals surface area contributed by atoms with Gasteiger partial charge in [-0.15, -0.1) is 0 Å². The molecule has 7 nitrogen and oxygen atoms in total. The highest BCUT2D eigenvalue weighted by atomic mass is 16.3. The van der Waals surface area contributed by atoms with Crippen LogP contribution in [0.3, 0.4) is 0 Å². The number of hydrogen-bond acceptors (Lipinski definition) is 7. The zero-order valence-electron chi connectivity index (χ0n) is 18.3. The van der Waals surface area contributed by atoms with Crippen LogP contribution in [0.15, 0.2) is 40.9 Å². The average Bonchev–Trinajstić information content (AvgIpc) is 3.25. The molecule has 0 aliphatic carbocycles. The molecule has 1 aromatic carbocycles. The summed E-state index contributed by atoms with van der Waals surface area (Å²) < 4.78 is 6.11. The minimum atomic E-state index is 0.581. The first-order valence-electron chi connectivity index (χ1n) is 11.2. The van der Waals surface area contributed by atoms with Crippen molar-refractivity contribution >= 4 is 17.3 Å². The summed E-state index contributed by atoms with van der Waals surface area (Å²) in [4.78, 5) is 14.2. The van der Waals surface area contributed by atoms with Gasteiger partial charge >= 0.3 is 0 Å². The summed E-state index contributed by atoms with van der Waals surface area (Å²) in [5.41, 5.74) is 5.32. The summed E-state index contributed by atoms with van der Waals surface area (Å²) in [5, 5.41) is 6.73. The van der Waals surface area contributed by atoms with Gasteiger partial charge in [0.25, 0.3) is 0 Å². The number of aryl methyl sites for hydroxylation is 1. The zero-order valence-corrected chi connectivity index (χ0v) is 18.3. The lowest BCUT2D eigenvalue weighted by molar-refractivity contribution is 0.271. The van der Waals surface area contributed by atoms with Crippen LogP contribution in [-0.2, 0) is 13.0 Å². The van der Waals surface area contributed by atoms with E-state index in [1.165, 1.54) is 11.3 Å². The number of rotatable bonds is 5. The molecule has 2 aliphatic rings. The predicted octanol–water partition coefficient (Wildman–Crippen LogP) is 3.58. The Morgan fingerprint density at radius 2 is 1.94 bits per heavy atom. The van der Waals surface area contributed by atoms with Gasteiger partial charge in [0.1, 0.15) is 11.5 Å². The summed E-state index contributed by atoms with van der Waals surface area (Å²) in [6.45, 7) is 11.6. The molecule has 0 atom stereocenters. The van der Waals surface area contributed by atoms with Crippen molar-refractivity contribution in [2.45, 2.75) is 26.8 Å². The van der Waals surface area contributed by atoms with Gasteiger partial charge in [-0.1, -0.05) is 6.92 Å². The SMILES string of the molecule is CCN1CCN(c2ccc(Nc3ncc(C)c(-c4cc5c(o4)CCNC5)n3)cc2)CC1. The second kappa shape index (κ2) is 8.69. The molecule has 2 aliphatic heterocycles.